The van der Waals surface area contributed by atoms with E-state index in [0.29, 0.717) is 34.2 Å². The van der Waals surface area contributed by atoms with Crippen LogP contribution in [-0.2, 0) is 16.6 Å². The van der Waals surface area contributed by atoms with Gasteiger partial charge in [-0.25, -0.2) is 8.42 Å². The predicted molar refractivity (Wildman–Crippen MR) is 132 cm³/mol. The fraction of sp³-hybridized carbons (Fsp3) is 0.208. The van der Waals surface area contributed by atoms with Crippen LogP contribution in [0.2, 0.25) is 10.0 Å². The second-order valence-corrected chi connectivity index (χ2v) is 10.2. The number of anilines is 1. The number of hydrogen-bond acceptors (Lipinski definition) is 4. The number of halogens is 2. The van der Waals surface area contributed by atoms with E-state index in [1.54, 1.807) is 60.7 Å². The van der Waals surface area contributed by atoms with E-state index in [1.165, 1.54) is 11.4 Å². The van der Waals surface area contributed by atoms with Gasteiger partial charge in [-0.15, -0.1) is 0 Å². The number of amides is 1. The molecule has 0 bridgehead atoms. The summed E-state index contributed by atoms with van der Waals surface area (Å²) in [5.41, 5.74) is 2.22. The number of ether oxygens (including phenoxy) is 1. The molecule has 9 heteroatoms. The van der Waals surface area contributed by atoms with Gasteiger partial charge in [-0.05, 0) is 56.3 Å². The number of sulfonamides is 1. The van der Waals surface area contributed by atoms with Crippen LogP contribution in [0.4, 0.5) is 5.69 Å². The SMILES string of the molecule is CCOc1ccc(C(=O)Nc2cccc(Cl)c2Cl)cc1CN(C)S(=O)(=O)c1ccc(C)cc1. The molecule has 0 aromatic heterocycles. The van der Waals surface area contributed by atoms with Crippen LogP contribution in [0.5, 0.6) is 5.75 Å². The number of rotatable bonds is 8. The normalized spacial score (nSPS) is 11.5. The summed E-state index contributed by atoms with van der Waals surface area (Å²) in [6, 6.07) is 16.5. The van der Waals surface area contributed by atoms with Crippen LogP contribution in [0.3, 0.4) is 0 Å². The number of benzene rings is 3. The van der Waals surface area contributed by atoms with Crippen molar-refractivity contribution in [3.8, 4) is 5.75 Å². The molecule has 3 rings (SSSR count). The molecule has 0 spiro atoms. The minimum atomic E-state index is -3.73. The molecule has 1 N–H and O–H groups in total. The molecule has 0 saturated carbocycles. The van der Waals surface area contributed by atoms with Gasteiger partial charge in [-0.2, -0.15) is 4.31 Å². The van der Waals surface area contributed by atoms with Crippen molar-refractivity contribution >= 4 is 44.8 Å². The zero-order valence-electron chi connectivity index (χ0n) is 18.4. The second kappa shape index (κ2) is 10.6. The van der Waals surface area contributed by atoms with Gasteiger partial charge in [0.25, 0.3) is 5.91 Å². The molecular formula is C24H24Cl2N2O4S. The van der Waals surface area contributed by atoms with Gasteiger partial charge in [0, 0.05) is 24.7 Å². The lowest BCUT2D eigenvalue weighted by atomic mass is 10.1. The molecule has 0 saturated heterocycles. The quantitative estimate of drug-likeness (QED) is 0.420. The lowest BCUT2D eigenvalue weighted by Crippen LogP contribution is -2.27. The van der Waals surface area contributed by atoms with Gasteiger partial charge in [-0.3, -0.25) is 4.79 Å². The molecule has 3 aromatic rings. The van der Waals surface area contributed by atoms with E-state index < -0.39 is 15.9 Å². The van der Waals surface area contributed by atoms with Crippen molar-refractivity contribution in [3.63, 3.8) is 0 Å². The van der Waals surface area contributed by atoms with Crippen molar-refractivity contribution in [2.45, 2.75) is 25.3 Å². The predicted octanol–water partition coefficient (Wildman–Crippen LogP) is 5.77. The highest BCUT2D eigenvalue weighted by molar-refractivity contribution is 7.89. The lowest BCUT2D eigenvalue weighted by molar-refractivity contribution is 0.102. The molecule has 0 aliphatic heterocycles. The number of aryl methyl sites for hydroxylation is 1. The van der Waals surface area contributed by atoms with E-state index in [9.17, 15) is 13.2 Å². The summed E-state index contributed by atoms with van der Waals surface area (Å²) in [4.78, 5) is 13.0. The van der Waals surface area contributed by atoms with E-state index in [2.05, 4.69) is 5.32 Å². The van der Waals surface area contributed by atoms with Crippen LogP contribution >= 0.6 is 23.2 Å². The zero-order valence-corrected chi connectivity index (χ0v) is 20.8. The first-order valence-electron chi connectivity index (χ1n) is 10.2. The van der Waals surface area contributed by atoms with Gasteiger partial charge in [0.15, 0.2) is 0 Å². The molecule has 0 unspecified atom stereocenters. The first-order chi connectivity index (χ1) is 15.6. The monoisotopic (exact) mass is 506 g/mol. The Morgan fingerprint density at radius 3 is 2.42 bits per heavy atom. The summed E-state index contributed by atoms with van der Waals surface area (Å²) < 4.78 is 32.9. The van der Waals surface area contributed by atoms with Crippen LogP contribution in [0.15, 0.2) is 65.6 Å². The Morgan fingerprint density at radius 1 is 1.06 bits per heavy atom. The van der Waals surface area contributed by atoms with E-state index in [-0.39, 0.29) is 16.5 Å². The maximum Gasteiger partial charge on any atom is 0.255 e. The topological polar surface area (TPSA) is 75.7 Å². The second-order valence-electron chi connectivity index (χ2n) is 7.39. The fourth-order valence-electron chi connectivity index (χ4n) is 3.15. The standard InChI is InChI=1S/C24H24Cl2N2O4S/c1-4-32-22-13-10-17(24(29)27-21-7-5-6-20(25)23(21)26)14-18(22)15-28(3)33(30,31)19-11-8-16(2)9-12-19/h5-14H,4,15H2,1-3H3,(H,27,29). The Balaban J connectivity index is 1.89. The first kappa shape index (κ1) is 25.1. The van der Waals surface area contributed by atoms with Crippen molar-refractivity contribution in [1.82, 2.24) is 4.31 Å². The van der Waals surface area contributed by atoms with Gasteiger partial charge in [-0.1, -0.05) is 47.0 Å². The van der Waals surface area contributed by atoms with Gasteiger partial charge >= 0.3 is 0 Å². The average Bonchev–Trinajstić information content (AvgIpc) is 2.78. The molecule has 0 aliphatic carbocycles. The molecule has 6 nitrogen and oxygen atoms in total. The van der Waals surface area contributed by atoms with Crippen molar-refractivity contribution in [1.29, 1.82) is 0 Å². The van der Waals surface area contributed by atoms with Crippen LogP contribution in [0, 0.1) is 6.92 Å². The first-order valence-corrected chi connectivity index (χ1v) is 12.4. The van der Waals surface area contributed by atoms with E-state index in [4.69, 9.17) is 27.9 Å². The fourth-order valence-corrected chi connectivity index (χ4v) is 4.65. The van der Waals surface area contributed by atoms with E-state index in [1.807, 2.05) is 13.8 Å². The van der Waals surface area contributed by atoms with Crippen LogP contribution in [-0.4, -0.2) is 32.3 Å². The molecule has 0 aliphatic rings. The maximum absolute atomic E-state index is 13.0. The Bertz CT molecular complexity index is 1260. The van der Waals surface area contributed by atoms with Crippen LogP contribution < -0.4 is 10.1 Å². The van der Waals surface area contributed by atoms with Crippen LogP contribution in [0.25, 0.3) is 0 Å². The number of nitrogens with one attached hydrogen (secondary N) is 1. The largest absolute Gasteiger partial charge is 0.494 e. The Hall–Kier alpha value is -2.58. The van der Waals surface area contributed by atoms with Gasteiger partial charge < -0.3 is 10.1 Å². The molecule has 0 atom stereocenters. The Labute approximate surface area is 204 Å². The average molecular weight is 507 g/mol. The minimum Gasteiger partial charge on any atom is -0.494 e. The number of hydrogen-bond donors (Lipinski definition) is 1. The van der Waals surface area contributed by atoms with Gasteiger partial charge in [0.1, 0.15) is 5.75 Å². The molecule has 0 heterocycles. The summed E-state index contributed by atoms with van der Waals surface area (Å²) in [5, 5.41) is 3.30. The molecule has 33 heavy (non-hydrogen) atoms. The third-order valence-electron chi connectivity index (χ3n) is 4.94. The van der Waals surface area contributed by atoms with Gasteiger partial charge in [0.2, 0.25) is 10.0 Å². The number of carbonyl (C=O) groups is 1. The lowest BCUT2D eigenvalue weighted by Gasteiger charge is -2.20. The third-order valence-corrected chi connectivity index (χ3v) is 7.58. The third kappa shape index (κ3) is 5.86. The Kier molecular flexibility index (Phi) is 8.02. The molecule has 1 amide bonds. The van der Waals surface area contributed by atoms with Crippen molar-refractivity contribution in [2.75, 3.05) is 19.0 Å². The van der Waals surface area contributed by atoms with Crippen molar-refractivity contribution in [2.24, 2.45) is 0 Å². The van der Waals surface area contributed by atoms with Crippen LogP contribution in [0.1, 0.15) is 28.4 Å². The minimum absolute atomic E-state index is 0.0184. The van der Waals surface area contributed by atoms with Gasteiger partial charge in [0.05, 0.1) is 27.2 Å². The molecule has 0 radical (unpaired) electrons. The zero-order chi connectivity index (χ0) is 24.2. The van der Waals surface area contributed by atoms with Crippen molar-refractivity contribution < 1.29 is 17.9 Å². The highest BCUT2D eigenvalue weighted by atomic mass is 35.5. The summed E-state index contributed by atoms with van der Waals surface area (Å²) in [5.74, 6) is 0.0910. The summed E-state index contributed by atoms with van der Waals surface area (Å²) >= 11 is 12.2. The Morgan fingerprint density at radius 2 is 1.76 bits per heavy atom. The van der Waals surface area contributed by atoms with Crippen molar-refractivity contribution in [3.05, 3.63) is 87.4 Å². The summed E-state index contributed by atoms with van der Waals surface area (Å²) in [7, 11) is -2.24. The van der Waals surface area contributed by atoms with E-state index >= 15 is 0 Å². The number of nitrogens with zero attached hydrogens (tertiary/aromatic N) is 1. The number of carbonyl (C=O) groups excluding carboxylic acids is 1. The summed E-state index contributed by atoms with van der Waals surface area (Å²) in [6.45, 7) is 4.13. The maximum atomic E-state index is 13.0. The highest BCUT2D eigenvalue weighted by Gasteiger charge is 2.23. The molecular weight excluding hydrogens is 483 g/mol. The molecule has 3 aromatic carbocycles. The molecule has 0 fully saturated rings. The molecule has 174 valence electrons. The summed E-state index contributed by atoms with van der Waals surface area (Å²) in [6.07, 6.45) is 0. The smallest absolute Gasteiger partial charge is 0.255 e. The highest BCUT2D eigenvalue weighted by Crippen LogP contribution is 2.30. The van der Waals surface area contributed by atoms with E-state index in [0.717, 1.165) is 5.56 Å².